The predicted molar refractivity (Wildman–Crippen MR) is 69.1 cm³/mol. The van der Waals surface area contributed by atoms with E-state index in [-0.39, 0.29) is 17.0 Å². The van der Waals surface area contributed by atoms with Gasteiger partial charge in [0.05, 0.1) is 5.56 Å². The van der Waals surface area contributed by atoms with E-state index < -0.39 is 5.82 Å². The van der Waals surface area contributed by atoms with E-state index >= 15 is 0 Å². The normalized spacial score (nSPS) is 23.1. The Kier molecular flexibility index (Phi) is 3.66. The van der Waals surface area contributed by atoms with E-state index in [1.807, 2.05) is 6.92 Å². The summed E-state index contributed by atoms with van der Waals surface area (Å²) in [5.74, 6) is -0.811. The first-order valence-electron chi connectivity index (χ1n) is 6.30. The van der Waals surface area contributed by atoms with Crippen molar-refractivity contribution in [2.24, 2.45) is 0 Å². The van der Waals surface area contributed by atoms with Gasteiger partial charge in [-0.25, -0.2) is 4.39 Å². The van der Waals surface area contributed by atoms with Crippen LogP contribution >= 0.6 is 0 Å². The molecule has 98 valence electrons. The number of carbonyl (C=O) groups is 1. The molecule has 1 fully saturated rings. The van der Waals surface area contributed by atoms with Crippen LogP contribution in [0.4, 0.5) is 4.39 Å². The molecule has 2 N–H and O–H groups in total. The van der Waals surface area contributed by atoms with Crippen molar-refractivity contribution in [1.82, 2.24) is 10.6 Å². The first kappa shape index (κ1) is 13.0. The molecule has 1 aromatic rings. The Morgan fingerprint density at radius 3 is 3.00 bits per heavy atom. The lowest BCUT2D eigenvalue weighted by molar-refractivity contribution is 0.0938. The summed E-state index contributed by atoms with van der Waals surface area (Å²) in [4.78, 5) is 11.9. The largest absolute Gasteiger partial charge is 0.350 e. The summed E-state index contributed by atoms with van der Waals surface area (Å²) in [7, 11) is 0. The van der Waals surface area contributed by atoms with Crippen LogP contribution in [0.15, 0.2) is 18.2 Å². The lowest BCUT2D eigenvalue weighted by atomic mass is 10.0. The molecule has 0 radical (unpaired) electrons. The van der Waals surface area contributed by atoms with E-state index in [1.165, 1.54) is 6.07 Å². The van der Waals surface area contributed by atoms with Gasteiger partial charge in [0.1, 0.15) is 5.82 Å². The van der Waals surface area contributed by atoms with E-state index in [4.69, 9.17) is 0 Å². The standard InChI is InChI=1S/C14H19FN2O/c1-10-4-5-12(15)11(8-10)13(18)16-9-14(2)6-3-7-17-14/h4-5,8,17H,3,6-7,9H2,1-2H3,(H,16,18). The van der Waals surface area contributed by atoms with E-state index in [0.717, 1.165) is 24.9 Å². The predicted octanol–water partition coefficient (Wildman–Crippen LogP) is 2.01. The maximum absolute atomic E-state index is 13.5. The Bertz CT molecular complexity index is 453. The summed E-state index contributed by atoms with van der Waals surface area (Å²) >= 11 is 0. The third kappa shape index (κ3) is 2.88. The molecule has 1 heterocycles. The number of halogens is 1. The summed E-state index contributed by atoms with van der Waals surface area (Å²) in [6, 6.07) is 4.57. The minimum Gasteiger partial charge on any atom is -0.350 e. The van der Waals surface area contributed by atoms with Crippen molar-refractivity contribution in [3.8, 4) is 0 Å². The fourth-order valence-corrected chi connectivity index (χ4v) is 2.29. The highest BCUT2D eigenvalue weighted by molar-refractivity contribution is 5.94. The lowest BCUT2D eigenvalue weighted by Gasteiger charge is -2.24. The van der Waals surface area contributed by atoms with Crippen LogP contribution in [0.2, 0.25) is 0 Å². The molecule has 4 heteroatoms. The van der Waals surface area contributed by atoms with Crippen molar-refractivity contribution in [3.05, 3.63) is 35.1 Å². The molecule has 1 saturated heterocycles. The van der Waals surface area contributed by atoms with Crippen LogP contribution in [0, 0.1) is 12.7 Å². The Balaban J connectivity index is 2.01. The number of hydrogen-bond acceptors (Lipinski definition) is 2. The zero-order chi connectivity index (χ0) is 13.2. The molecule has 18 heavy (non-hydrogen) atoms. The average Bonchev–Trinajstić information content (AvgIpc) is 2.77. The molecule has 0 aliphatic carbocycles. The molecule has 2 rings (SSSR count). The highest BCUT2D eigenvalue weighted by Crippen LogP contribution is 2.17. The van der Waals surface area contributed by atoms with Crippen molar-refractivity contribution < 1.29 is 9.18 Å². The quantitative estimate of drug-likeness (QED) is 0.861. The second-order valence-electron chi connectivity index (χ2n) is 5.26. The molecule has 3 nitrogen and oxygen atoms in total. The third-order valence-corrected chi connectivity index (χ3v) is 3.46. The van der Waals surface area contributed by atoms with Gasteiger partial charge >= 0.3 is 0 Å². The SMILES string of the molecule is Cc1ccc(F)c(C(=O)NCC2(C)CCCN2)c1. The molecule has 1 atom stereocenters. The highest BCUT2D eigenvalue weighted by atomic mass is 19.1. The summed E-state index contributed by atoms with van der Waals surface area (Å²) in [5, 5.41) is 6.17. The molecule has 0 bridgehead atoms. The van der Waals surface area contributed by atoms with E-state index in [2.05, 4.69) is 17.6 Å². The van der Waals surface area contributed by atoms with E-state index in [1.54, 1.807) is 12.1 Å². The van der Waals surface area contributed by atoms with Gasteiger partial charge in [-0.3, -0.25) is 4.79 Å². The summed E-state index contributed by atoms with van der Waals surface area (Å²) in [6.45, 7) is 5.42. The molecule has 0 spiro atoms. The van der Waals surface area contributed by atoms with Crippen molar-refractivity contribution >= 4 is 5.91 Å². The highest BCUT2D eigenvalue weighted by Gasteiger charge is 2.28. The fraction of sp³-hybridized carbons (Fsp3) is 0.500. The van der Waals surface area contributed by atoms with Gasteiger partial charge in [0.15, 0.2) is 0 Å². The topological polar surface area (TPSA) is 41.1 Å². The zero-order valence-electron chi connectivity index (χ0n) is 10.8. The number of nitrogens with one attached hydrogen (secondary N) is 2. The van der Waals surface area contributed by atoms with Crippen molar-refractivity contribution in [2.45, 2.75) is 32.2 Å². The van der Waals surface area contributed by atoms with Crippen molar-refractivity contribution in [2.75, 3.05) is 13.1 Å². The van der Waals surface area contributed by atoms with Gasteiger partial charge in [-0.2, -0.15) is 0 Å². The number of amides is 1. The van der Waals surface area contributed by atoms with Crippen LogP contribution < -0.4 is 10.6 Å². The molecular formula is C14H19FN2O. The number of aryl methyl sites for hydroxylation is 1. The van der Waals surface area contributed by atoms with Gasteiger partial charge in [-0.15, -0.1) is 0 Å². The monoisotopic (exact) mass is 250 g/mol. The zero-order valence-corrected chi connectivity index (χ0v) is 10.8. The van der Waals surface area contributed by atoms with Crippen LogP contribution in [0.1, 0.15) is 35.7 Å². The molecule has 1 unspecified atom stereocenters. The van der Waals surface area contributed by atoms with Crippen LogP contribution in [-0.4, -0.2) is 24.5 Å². The van der Waals surface area contributed by atoms with Crippen LogP contribution in [0.5, 0.6) is 0 Å². The van der Waals surface area contributed by atoms with Gasteiger partial charge in [0.25, 0.3) is 5.91 Å². The maximum Gasteiger partial charge on any atom is 0.254 e. The fourth-order valence-electron chi connectivity index (χ4n) is 2.29. The molecule has 0 aromatic heterocycles. The van der Waals surface area contributed by atoms with Gasteiger partial charge < -0.3 is 10.6 Å². The molecule has 1 aliphatic rings. The van der Waals surface area contributed by atoms with E-state index in [0.29, 0.717) is 6.54 Å². The minimum absolute atomic E-state index is 0.0596. The van der Waals surface area contributed by atoms with Gasteiger partial charge in [0.2, 0.25) is 0 Å². The maximum atomic E-state index is 13.5. The molecule has 1 aliphatic heterocycles. The number of rotatable bonds is 3. The van der Waals surface area contributed by atoms with Crippen molar-refractivity contribution in [1.29, 1.82) is 0 Å². The Morgan fingerprint density at radius 2 is 2.33 bits per heavy atom. The van der Waals surface area contributed by atoms with Crippen LogP contribution in [0.3, 0.4) is 0 Å². The van der Waals surface area contributed by atoms with Crippen LogP contribution in [-0.2, 0) is 0 Å². The molecule has 0 saturated carbocycles. The summed E-state index contributed by atoms with van der Waals surface area (Å²) in [5.41, 5.74) is 0.944. The van der Waals surface area contributed by atoms with Gasteiger partial charge in [0, 0.05) is 12.1 Å². The number of benzene rings is 1. The number of hydrogen-bond donors (Lipinski definition) is 2. The van der Waals surface area contributed by atoms with Gasteiger partial charge in [-0.1, -0.05) is 11.6 Å². The minimum atomic E-state index is -0.470. The van der Waals surface area contributed by atoms with Crippen LogP contribution in [0.25, 0.3) is 0 Å². The lowest BCUT2D eigenvalue weighted by Crippen LogP contribution is -2.47. The summed E-state index contributed by atoms with van der Waals surface area (Å²) < 4.78 is 13.5. The second kappa shape index (κ2) is 5.06. The number of carbonyl (C=O) groups excluding carboxylic acids is 1. The first-order chi connectivity index (χ1) is 8.50. The van der Waals surface area contributed by atoms with Crippen molar-refractivity contribution in [3.63, 3.8) is 0 Å². The first-order valence-corrected chi connectivity index (χ1v) is 6.30. The second-order valence-corrected chi connectivity index (χ2v) is 5.26. The smallest absolute Gasteiger partial charge is 0.254 e. The Labute approximate surface area is 107 Å². The Hall–Kier alpha value is -1.42. The summed E-state index contributed by atoms with van der Waals surface area (Å²) in [6.07, 6.45) is 2.15. The Morgan fingerprint density at radius 1 is 1.56 bits per heavy atom. The average molecular weight is 250 g/mol. The van der Waals surface area contributed by atoms with Gasteiger partial charge in [-0.05, 0) is 45.4 Å². The molecule has 1 aromatic carbocycles. The molecule has 1 amide bonds. The van der Waals surface area contributed by atoms with E-state index in [9.17, 15) is 9.18 Å². The third-order valence-electron chi connectivity index (χ3n) is 3.46. The molecular weight excluding hydrogens is 231 g/mol.